The number of ether oxygens (including phenoxy) is 1. The van der Waals surface area contributed by atoms with Crippen LogP contribution >= 0.6 is 23.2 Å². The molecule has 23 heavy (non-hydrogen) atoms. The zero-order valence-corrected chi connectivity index (χ0v) is 14.8. The minimum atomic E-state index is -4.55. The van der Waals surface area contributed by atoms with Gasteiger partial charge in [0.05, 0.1) is 22.2 Å². The summed E-state index contributed by atoms with van der Waals surface area (Å²) in [4.78, 5) is 11.4. The largest absolute Gasteiger partial charge is 0.462 e. The van der Waals surface area contributed by atoms with E-state index in [0.29, 0.717) is 12.5 Å². The topological polar surface area (TPSA) is 80.7 Å². The Bertz CT molecular complexity index is 658. The lowest BCUT2D eigenvalue weighted by molar-refractivity contribution is 0.0474. The molecule has 0 spiro atoms. The van der Waals surface area contributed by atoms with Gasteiger partial charge >= 0.3 is 5.97 Å². The van der Waals surface area contributed by atoms with Crippen molar-refractivity contribution >= 4 is 39.3 Å². The highest BCUT2D eigenvalue weighted by molar-refractivity contribution is 7.86. The number of esters is 1. The fourth-order valence-corrected chi connectivity index (χ4v) is 4.48. The van der Waals surface area contributed by atoms with E-state index < -0.39 is 21.0 Å². The smallest absolute Gasteiger partial charge is 0.338 e. The molecule has 128 valence electrons. The van der Waals surface area contributed by atoms with E-state index in [1.54, 1.807) is 0 Å². The van der Waals surface area contributed by atoms with E-state index in [9.17, 15) is 13.2 Å². The summed E-state index contributed by atoms with van der Waals surface area (Å²) in [6, 6.07) is 2.25. The standard InChI is InChI=1S/C15H18Cl2O5S/c16-12-8-11(9-13(17)14(12)23(19,20)21)15(18)22-7-6-10-4-2-1-3-5-10/h8-10H,1-7H2,(H,19,20,21). The number of hydrogen-bond donors (Lipinski definition) is 1. The zero-order chi connectivity index (χ0) is 17.0. The first-order valence-electron chi connectivity index (χ1n) is 7.42. The average molecular weight is 381 g/mol. The van der Waals surface area contributed by atoms with Crippen LogP contribution in [-0.2, 0) is 14.9 Å². The summed E-state index contributed by atoms with van der Waals surface area (Å²) in [6.45, 7) is 0.304. The van der Waals surface area contributed by atoms with Crippen LogP contribution < -0.4 is 0 Å². The van der Waals surface area contributed by atoms with Crippen molar-refractivity contribution in [1.29, 1.82) is 0 Å². The summed E-state index contributed by atoms with van der Waals surface area (Å²) in [5.74, 6) is -0.0304. The van der Waals surface area contributed by atoms with Crippen LogP contribution in [0.4, 0.5) is 0 Å². The monoisotopic (exact) mass is 380 g/mol. The van der Waals surface area contributed by atoms with Gasteiger partial charge in [0.2, 0.25) is 0 Å². The highest BCUT2D eigenvalue weighted by Gasteiger charge is 2.22. The van der Waals surface area contributed by atoms with Gasteiger partial charge < -0.3 is 4.74 Å². The summed E-state index contributed by atoms with van der Waals surface area (Å²) in [7, 11) is -4.55. The van der Waals surface area contributed by atoms with Gasteiger partial charge in [0, 0.05) is 0 Å². The molecule has 1 aromatic carbocycles. The van der Waals surface area contributed by atoms with Crippen molar-refractivity contribution in [2.75, 3.05) is 6.61 Å². The van der Waals surface area contributed by atoms with E-state index in [1.807, 2.05) is 0 Å². The summed E-state index contributed by atoms with van der Waals surface area (Å²) in [6.07, 6.45) is 6.86. The Morgan fingerprint density at radius 2 is 1.74 bits per heavy atom. The van der Waals surface area contributed by atoms with Crippen molar-refractivity contribution in [3.05, 3.63) is 27.7 Å². The van der Waals surface area contributed by atoms with Crippen molar-refractivity contribution in [3.8, 4) is 0 Å². The molecule has 1 aromatic rings. The van der Waals surface area contributed by atoms with Crippen LogP contribution in [0.25, 0.3) is 0 Å². The minimum absolute atomic E-state index is 0.0519. The second kappa shape index (κ2) is 7.83. The van der Waals surface area contributed by atoms with Gasteiger partial charge in [-0.15, -0.1) is 0 Å². The summed E-state index contributed by atoms with van der Waals surface area (Å²) < 4.78 is 36.6. The maximum atomic E-state index is 12.0. The van der Waals surface area contributed by atoms with Gasteiger partial charge in [0.25, 0.3) is 10.1 Å². The molecule has 0 aromatic heterocycles. The first-order chi connectivity index (χ1) is 10.8. The first-order valence-corrected chi connectivity index (χ1v) is 9.62. The number of benzene rings is 1. The van der Waals surface area contributed by atoms with Crippen molar-refractivity contribution in [3.63, 3.8) is 0 Å². The molecule has 1 aliphatic rings. The molecule has 0 bridgehead atoms. The van der Waals surface area contributed by atoms with Gasteiger partial charge in [-0.05, 0) is 24.5 Å². The average Bonchev–Trinajstić information content (AvgIpc) is 2.46. The molecule has 0 atom stereocenters. The Morgan fingerprint density at radius 1 is 1.17 bits per heavy atom. The van der Waals surface area contributed by atoms with Crippen LogP contribution in [0.1, 0.15) is 48.9 Å². The van der Waals surface area contributed by atoms with Crippen LogP contribution in [0.15, 0.2) is 17.0 Å². The molecule has 0 aliphatic heterocycles. The van der Waals surface area contributed by atoms with E-state index in [4.69, 9.17) is 32.5 Å². The third-order valence-corrected chi connectivity index (χ3v) is 5.75. The fraction of sp³-hybridized carbons (Fsp3) is 0.533. The normalized spacial score (nSPS) is 16.3. The lowest BCUT2D eigenvalue weighted by Gasteiger charge is -2.21. The molecule has 5 nitrogen and oxygen atoms in total. The van der Waals surface area contributed by atoms with Crippen LogP contribution in [-0.4, -0.2) is 25.5 Å². The summed E-state index contributed by atoms with van der Waals surface area (Å²) >= 11 is 11.6. The van der Waals surface area contributed by atoms with Crippen LogP contribution in [0.2, 0.25) is 10.0 Å². The second-order valence-corrected chi connectivity index (χ2v) is 7.85. The third kappa shape index (κ3) is 5.08. The molecular weight excluding hydrogens is 363 g/mol. The molecule has 8 heteroatoms. The third-order valence-electron chi connectivity index (χ3n) is 3.98. The van der Waals surface area contributed by atoms with Crippen molar-refractivity contribution in [2.24, 2.45) is 5.92 Å². The van der Waals surface area contributed by atoms with E-state index >= 15 is 0 Å². The Hall–Kier alpha value is -0.820. The van der Waals surface area contributed by atoms with Crippen molar-refractivity contribution in [1.82, 2.24) is 0 Å². The van der Waals surface area contributed by atoms with Crippen LogP contribution in [0.5, 0.6) is 0 Å². The SMILES string of the molecule is O=C(OCCC1CCCCC1)c1cc(Cl)c(S(=O)(=O)O)c(Cl)c1. The molecule has 1 saturated carbocycles. The molecule has 1 fully saturated rings. The lowest BCUT2D eigenvalue weighted by atomic mass is 9.87. The minimum Gasteiger partial charge on any atom is -0.462 e. The Balaban J connectivity index is 1.99. The van der Waals surface area contributed by atoms with Gasteiger partial charge in [-0.25, -0.2) is 4.79 Å². The maximum absolute atomic E-state index is 12.0. The number of hydrogen-bond acceptors (Lipinski definition) is 4. The Morgan fingerprint density at radius 3 is 2.26 bits per heavy atom. The zero-order valence-electron chi connectivity index (χ0n) is 12.4. The van der Waals surface area contributed by atoms with Crippen molar-refractivity contribution < 1.29 is 22.5 Å². The quantitative estimate of drug-likeness (QED) is 0.605. The molecule has 1 N–H and O–H groups in total. The molecule has 1 aliphatic carbocycles. The van der Waals surface area contributed by atoms with Crippen molar-refractivity contribution in [2.45, 2.75) is 43.4 Å². The molecule has 2 rings (SSSR count). The number of rotatable bonds is 5. The maximum Gasteiger partial charge on any atom is 0.338 e. The number of carbonyl (C=O) groups is 1. The van der Waals surface area contributed by atoms with E-state index in [0.717, 1.165) is 31.4 Å². The van der Waals surface area contributed by atoms with Gasteiger partial charge in [-0.3, -0.25) is 4.55 Å². The van der Waals surface area contributed by atoms with Gasteiger partial charge in [-0.1, -0.05) is 55.3 Å². The van der Waals surface area contributed by atoms with E-state index in [2.05, 4.69) is 0 Å². The van der Waals surface area contributed by atoms with Gasteiger partial charge in [0.1, 0.15) is 4.90 Å². The van der Waals surface area contributed by atoms with E-state index in [-0.39, 0.29) is 15.6 Å². The molecular formula is C15H18Cl2O5S. The Kier molecular flexibility index (Phi) is 6.31. The molecule has 0 amide bonds. The van der Waals surface area contributed by atoms with Gasteiger partial charge in [0.15, 0.2) is 0 Å². The Labute approximate surface area is 145 Å². The predicted octanol–water partition coefficient (Wildman–Crippen LogP) is 4.37. The number of halogens is 2. The predicted molar refractivity (Wildman–Crippen MR) is 87.8 cm³/mol. The molecule has 0 heterocycles. The molecule has 0 radical (unpaired) electrons. The summed E-state index contributed by atoms with van der Waals surface area (Å²) in [5, 5.41) is -0.640. The highest BCUT2D eigenvalue weighted by atomic mass is 35.5. The second-order valence-electron chi connectivity index (χ2n) is 5.67. The molecule has 0 saturated heterocycles. The first kappa shape index (κ1) is 18.5. The van der Waals surface area contributed by atoms with E-state index in [1.165, 1.54) is 19.3 Å². The molecule has 0 unspecified atom stereocenters. The highest BCUT2D eigenvalue weighted by Crippen LogP contribution is 2.31. The fourth-order valence-electron chi connectivity index (χ4n) is 2.80. The van der Waals surface area contributed by atoms with Crippen LogP contribution in [0, 0.1) is 5.92 Å². The summed E-state index contributed by atoms with van der Waals surface area (Å²) in [5.41, 5.74) is 0.0519. The van der Waals surface area contributed by atoms with Gasteiger partial charge in [-0.2, -0.15) is 8.42 Å². The number of carbonyl (C=O) groups excluding carboxylic acids is 1. The lowest BCUT2D eigenvalue weighted by Crippen LogP contribution is -2.13. The van der Waals surface area contributed by atoms with Crippen LogP contribution in [0.3, 0.4) is 0 Å².